The molecule has 0 N–H and O–H groups in total. The van der Waals surface area contributed by atoms with Crippen molar-refractivity contribution >= 4 is 23.5 Å². The van der Waals surface area contributed by atoms with E-state index in [1.165, 1.54) is 42.3 Å². The normalized spacial score (nSPS) is 11.2. The fourth-order valence-corrected chi connectivity index (χ4v) is 2.99. The molecule has 31 heavy (non-hydrogen) atoms. The van der Waals surface area contributed by atoms with Crippen LogP contribution >= 0.6 is 11.6 Å². The molecule has 2 aromatic carbocycles. The second-order valence-electron chi connectivity index (χ2n) is 6.35. The molecule has 0 atom stereocenters. The lowest BCUT2D eigenvalue weighted by molar-refractivity contribution is 0.104. The molecule has 0 radical (unpaired) electrons. The number of hydrogen-bond acceptors (Lipinski definition) is 4. The number of allylic oxidation sites excluding steroid dienone is 1. The lowest BCUT2D eigenvalue weighted by Crippen LogP contribution is -2.05. The summed E-state index contributed by atoms with van der Waals surface area (Å²) in [5.74, 6) is -7.76. The van der Waals surface area contributed by atoms with Gasteiger partial charge in [-0.1, -0.05) is 23.7 Å². The van der Waals surface area contributed by atoms with E-state index in [0.717, 1.165) is 0 Å². The van der Waals surface area contributed by atoms with E-state index in [2.05, 4.69) is 5.10 Å². The fraction of sp³-hybridized carbons (Fsp3) is 0.143. The fourth-order valence-electron chi connectivity index (χ4n) is 2.72. The highest BCUT2D eigenvalue weighted by molar-refractivity contribution is 6.34. The number of nitrogens with zero attached hydrogens (tertiary/aromatic N) is 2. The first-order valence-corrected chi connectivity index (χ1v) is 9.13. The van der Waals surface area contributed by atoms with Gasteiger partial charge in [0.15, 0.2) is 23.1 Å². The van der Waals surface area contributed by atoms with E-state index in [-0.39, 0.29) is 16.8 Å². The monoisotopic (exact) mass is 454 g/mol. The molecule has 0 saturated carbocycles. The van der Waals surface area contributed by atoms with Gasteiger partial charge < -0.3 is 9.47 Å². The van der Waals surface area contributed by atoms with Crippen molar-refractivity contribution in [3.8, 4) is 11.5 Å². The third-order valence-electron chi connectivity index (χ3n) is 4.19. The van der Waals surface area contributed by atoms with E-state index in [0.29, 0.717) is 16.9 Å². The van der Waals surface area contributed by atoms with E-state index >= 15 is 0 Å². The predicted octanol–water partition coefficient (Wildman–Crippen LogP) is 5.11. The van der Waals surface area contributed by atoms with Crippen molar-refractivity contribution in [3.05, 3.63) is 81.7 Å². The molecule has 162 valence electrons. The second kappa shape index (κ2) is 9.22. The first-order chi connectivity index (χ1) is 14.7. The Morgan fingerprint density at radius 2 is 1.84 bits per heavy atom. The topological polar surface area (TPSA) is 53.3 Å². The lowest BCUT2D eigenvalue weighted by atomic mass is 10.1. The molecular weight excluding hydrogens is 440 g/mol. The Kier molecular flexibility index (Phi) is 6.65. The summed E-state index contributed by atoms with van der Waals surface area (Å²) in [6.07, 6.45) is 4.21. The number of hydrogen-bond donors (Lipinski definition) is 0. The van der Waals surface area contributed by atoms with Crippen LogP contribution < -0.4 is 9.47 Å². The Morgan fingerprint density at radius 1 is 1.16 bits per heavy atom. The highest BCUT2D eigenvalue weighted by Gasteiger charge is 2.21. The smallest absolute Gasteiger partial charge is 0.207 e. The van der Waals surface area contributed by atoms with Crippen molar-refractivity contribution in [1.29, 1.82) is 0 Å². The zero-order valence-corrected chi connectivity index (χ0v) is 17.0. The summed E-state index contributed by atoms with van der Waals surface area (Å²) in [6, 6.07) is 4.77. The number of rotatable bonds is 7. The van der Waals surface area contributed by atoms with Crippen LogP contribution in [0.25, 0.3) is 6.08 Å². The Morgan fingerprint density at radius 3 is 2.42 bits per heavy atom. The number of methoxy groups -OCH3 is 1. The predicted molar refractivity (Wildman–Crippen MR) is 105 cm³/mol. The number of benzene rings is 2. The molecule has 0 unspecified atom stereocenters. The van der Waals surface area contributed by atoms with Gasteiger partial charge in [0.05, 0.1) is 12.1 Å². The SMILES string of the molecule is COc1ccc(/C=C/C(=O)c2nn(C)cc2Cl)cc1COc1c(F)c(F)cc(F)c1F. The Bertz CT molecular complexity index is 1150. The molecule has 0 aliphatic heterocycles. The van der Waals surface area contributed by atoms with E-state index in [1.54, 1.807) is 13.1 Å². The van der Waals surface area contributed by atoms with Crippen LogP contribution in [0, 0.1) is 23.3 Å². The third-order valence-corrected chi connectivity index (χ3v) is 4.47. The molecule has 0 spiro atoms. The van der Waals surface area contributed by atoms with Crippen LogP contribution in [0.2, 0.25) is 5.02 Å². The number of carbonyl (C=O) groups is 1. The Hall–Kier alpha value is -3.33. The molecule has 0 aliphatic carbocycles. The molecule has 3 rings (SSSR count). The van der Waals surface area contributed by atoms with Crippen molar-refractivity contribution in [2.75, 3.05) is 7.11 Å². The van der Waals surface area contributed by atoms with Gasteiger partial charge in [0.1, 0.15) is 12.4 Å². The summed E-state index contributed by atoms with van der Waals surface area (Å²) in [4.78, 5) is 12.3. The van der Waals surface area contributed by atoms with Crippen molar-refractivity contribution in [3.63, 3.8) is 0 Å². The van der Waals surface area contributed by atoms with Gasteiger partial charge in [-0.2, -0.15) is 13.9 Å². The van der Waals surface area contributed by atoms with Gasteiger partial charge in [0.2, 0.25) is 17.4 Å². The van der Waals surface area contributed by atoms with Crippen molar-refractivity contribution in [2.24, 2.45) is 7.05 Å². The summed E-state index contributed by atoms with van der Waals surface area (Å²) in [5.41, 5.74) is 0.916. The van der Waals surface area contributed by atoms with Gasteiger partial charge in [-0.15, -0.1) is 0 Å². The minimum absolute atomic E-state index is 0.0802. The van der Waals surface area contributed by atoms with E-state index in [9.17, 15) is 22.4 Å². The molecule has 1 heterocycles. The molecule has 0 amide bonds. The van der Waals surface area contributed by atoms with Crippen molar-refractivity contribution in [1.82, 2.24) is 9.78 Å². The number of aryl methyl sites for hydroxylation is 1. The van der Waals surface area contributed by atoms with Crippen LogP contribution in [0.5, 0.6) is 11.5 Å². The van der Waals surface area contributed by atoms with Gasteiger partial charge in [-0.3, -0.25) is 9.48 Å². The average molecular weight is 455 g/mol. The second-order valence-corrected chi connectivity index (χ2v) is 6.76. The van der Waals surface area contributed by atoms with Crippen LogP contribution in [0.15, 0.2) is 36.5 Å². The van der Waals surface area contributed by atoms with Crippen molar-refractivity contribution in [2.45, 2.75) is 6.61 Å². The standard InChI is InChI=1S/C21H15ClF4N2O3/c1-28-9-13(22)20(27-28)16(29)5-3-11-4-6-17(30-2)12(7-11)10-31-21-18(25)14(23)8-15(24)19(21)26/h3-9H,10H2,1-2H3/b5-3+. The maximum absolute atomic E-state index is 13.8. The molecule has 0 bridgehead atoms. The van der Waals surface area contributed by atoms with Gasteiger partial charge >= 0.3 is 0 Å². The van der Waals surface area contributed by atoms with Gasteiger partial charge in [-0.25, -0.2) is 8.78 Å². The van der Waals surface area contributed by atoms with Crippen molar-refractivity contribution < 1.29 is 31.8 Å². The van der Waals surface area contributed by atoms with Crippen LogP contribution in [0.3, 0.4) is 0 Å². The zero-order chi connectivity index (χ0) is 22.7. The summed E-state index contributed by atoms with van der Waals surface area (Å²) < 4.78 is 65.9. The number of ketones is 1. The average Bonchev–Trinajstić information content (AvgIpc) is 3.08. The largest absolute Gasteiger partial charge is 0.496 e. The quantitative estimate of drug-likeness (QED) is 0.215. The molecule has 3 aromatic rings. The molecule has 1 aromatic heterocycles. The zero-order valence-electron chi connectivity index (χ0n) is 16.3. The summed E-state index contributed by atoms with van der Waals surface area (Å²) >= 11 is 5.95. The third kappa shape index (κ3) is 4.88. The first kappa shape index (κ1) is 22.4. The van der Waals surface area contributed by atoms with Crippen LogP contribution in [0.1, 0.15) is 21.6 Å². The van der Waals surface area contributed by atoms with E-state index < -0.39 is 41.4 Å². The molecule has 0 saturated heterocycles. The summed E-state index contributed by atoms with van der Waals surface area (Å²) in [5, 5.41) is 4.17. The molecular formula is C21H15ClF4N2O3. The first-order valence-electron chi connectivity index (χ1n) is 8.75. The number of aromatic nitrogens is 2. The van der Waals surface area contributed by atoms with Crippen LogP contribution in [-0.4, -0.2) is 22.7 Å². The number of carbonyl (C=O) groups excluding carboxylic acids is 1. The Labute approximate surface area is 179 Å². The lowest BCUT2D eigenvalue weighted by Gasteiger charge is -2.13. The maximum atomic E-state index is 13.8. The summed E-state index contributed by atoms with van der Waals surface area (Å²) in [6.45, 7) is -0.457. The van der Waals surface area contributed by atoms with Gasteiger partial charge in [-0.05, 0) is 23.8 Å². The highest BCUT2D eigenvalue weighted by Crippen LogP contribution is 2.29. The number of ether oxygens (including phenoxy) is 2. The molecule has 0 fully saturated rings. The van der Waals surface area contributed by atoms with Crippen LogP contribution in [-0.2, 0) is 13.7 Å². The van der Waals surface area contributed by atoms with Crippen LogP contribution in [0.4, 0.5) is 17.6 Å². The summed E-state index contributed by atoms with van der Waals surface area (Å²) in [7, 11) is 2.99. The molecule has 5 nitrogen and oxygen atoms in total. The minimum atomic E-state index is -1.65. The minimum Gasteiger partial charge on any atom is -0.496 e. The van der Waals surface area contributed by atoms with E-state index in [1.807, 2.05) is 0 Å². The Balaban J connectivity index is 1.83. The number of halogens is 5. The molecule has 10 heteroatoms. The van der Waals surface area contributed by atoms with E-state index in [4.69, 9.17) is 21.1 Å². The molecule has 0 aliphatic rings. The van der Waals surface area contributed by atoms with Gasteiger partial charge in [0.25, 0.3) is 0 Å². The van der Waals surface area contributed by atoms with Gasteiger partial charge in [0, 0.05) is 24.9 Å². The maximum Gasteiger partial charge on any atom is 0.207 e. The highest BCUT2D eigenvalue weighted by atomic mass is 35.5.